The van der Waals surface area contributed by atoms with E-state index in [1.54, 1.807) is 19.2 Å². The van der Waals surface area contributed by atoms with Crippen molar-refractivity contribution >= 4 is 6.47 Å². The Morgan fingerprint density at radius 3 is 1.85 bits per heavy atom. The first-order valence-electron chi connectivity index (χ1n) is 8.64. The predicted molar refractivity (Wildman–Crippen MR) is 106 cm³/mol. The van der Waals surface area contributed by atoms with Crippen LogP contribution in [0.5, 0.6) is 23.0 Å². The van der Waals surface area contributed by atoms with Gasteiger partial charge in [0, 0.05) is 12.1 Å². The smallest absolute Gasteiger partial charge is 0.298 e. The molecule has 142 valence electrons. The van der Waals surface area contributed by atoms with E-state index in [1.165, 1.54) is 0 Å². The van der Waals surface area contributed by atoms with Gasteiger partial charge in [0.1, 0.15) is 36.2 Å². The van der Waals surface area contributed by atoms with Crippen molar-refractivity contribution in [3.05, 3.63) is 60.7 Å². The van der Waals surface area contributed by atoms with Crippen molar-refractivity contribution in [3.8, 4) is 34.1 Å². The topological polar surface area (TPSA) is 54.0 Å². The van der Waals surface area contributed by atoms with E-state index in [0.29, 0.717) is 36.9 Å². The van der Waals surface area contributed by atoms with Gasteiger partial charge < -0.3 is 18.9 Å². The normalized spacial score (nSPS) is 10.9. The molecule has 0 unspecified atom stereocenters. The van der Waals surface area contributed by atoms with Crippen LogP contribution in [0.1, 0.15) is 13.8 Å². The summed E-state index contributed by atoms with van der Waals surface area (Å²) in [6, 6.07) is 11.0. The third kappa shape index (κ3) is 5.64. The molecule has 0 aromatic heterocycles. The number of benzene rings is 2. The Balaban J connectivity index is 2.55. The van der Waals surface area contributed by atoms with E-state index in [9.17, 15) is 4.79 Å². The lowest BCUT2D eigenvalue weighted by Gasteiger charge is -2.17. The van der Waals surface area contributed by atoms with E-state index in [2.05, 4.69) is 0 Å². The van der Waals surface area contributed by atoms with Crippen LogP contribution in [0.2, 0.25) is 0 Å². The molecule has 0 spiro atoms. The molecule has 0 N–H and O–H groups in total. The summed E-state index contributed by atoms with van der Waals surface area (Å²) in [6.07, 6.45) is 7.60. The Labute approximate surface area is 159 Å². The Hall–Kier alpha value is -3.21. The van der Waals surface area contributed by atoms with Gasteiger partial charge in [-0.2, -0.15) is 0 Å². The van der Waals surface area contributed by atoms with Crippen LogP contribution in [0.25, 0.3) is 11.1 Å². The minimum Gasteiger partial charge on any atom is -0.497 e. The number of rotatable bonds is 10. The molecule has 0 saturated carbocycles. The molecule has 0 aliphatic rings. The second-order valence-electron chi connectivity index (χ2n) is 5.50. The summed E-state index contributed by atoms with van der Waals surface area (Å²) >= 11 is 0. The molecule has 0 fully saturated rings. The summed E-state index contributed by atoms with van der Waals surface area (Å²) in [4.78, 5) is 10.8. The number of hydrogen-bond donors (Lipinski definition) is 0. The van der Waals surface area contributed by atoms with E-state index in [0.717, 1.165) is 16.9 Å². The second-order valence-corrected chi connectivity index (χ2v) is 5.50. The van der Waals surface area contributed by atoms with Crippen LogP contribution < -0.4 is 18.9 Å². The molecule has 0 bridgehead atoms. The first kappa shape index (κ1) is 20.1. The van der Waals surface area contributed by atoms with E-state index in [4.69, 9.17) is 18.9 Å². The van der Waals surface area contributed by atoms with Crippen LogP contribution >= 0.6 is 0 Å². The number of carbonyl (C=O) groups excluding carboxylic acids is 1. The molecular weight excluding hydrogens is 344 g/mol. The zero-order valence-corrected chi connectivity index (χ0v) is 15.8. The number of carbonyl (C=O) groups is 1. The lowest BCUT2D eigenvalue weighted by molar-refractivity contribution is -0.120. The second kappa shape index (κ2) is 10.7. The molecule has 0 radical (unpaired) electrons. The summed E-state index contributed by atoms with van der Waals surface area (Å²) in [5, 5.41) is 0. The summed E-state index contributed by atoms with van der Waals surface area (Å²) in [6.45, 7) is 5.00. The first-order chi connectivity index (χ1) is 13.2. The van der Waals surface area contributed by atoms with Gasteiger partial charge in [0.25, 0.3) is 6.47 Å². The molecule has 5 nitrogen and oxygen atoms in total. The van der Waals surface area contributed by atoms with Gasteiger partial charge in [-0.25, -0.2) is 0 Å². The largest absolute Gasteiger partial charge is 0.497 e. The highest BCUT2D eigenvalue weighted by atomic mass is 16.5. The molecule has 2 aromatic rings. The maximum absolute atomic E-state index is 10.8. The zero-order chi connectivity index (χ0) is 19.5. The Morgan fingerprint density at radius 2 is 1.41 bits per heavy atom. The SMILES string of the molecule is C/C=C/COc1cc(OC=O)cc(OC/C=C/C)c1-c1ccc(OC)cc1. The molecular formula is C22H24O5. The standard InChI is InChI=1S/C22H24O5/c1-4-6-12-25-20-14-19(27-16-23)15-21(26-13-7-5-2)22(20)17-8-10-18(24-3)11-9-17/h4-11,14-16H,12-13H2,1-3H3/b6-4+,7-5+. The average molecular weight is 368 g/mol. The fourth-order valence-electron chi connectivity index (χ4n) is 2.43. The molecule has 2 rings (SSSR count). The summed E-state index contributed by atoms with van der Waals surface area (Å²) < 4.78 is 22.1. The minimum absolute atomic E-state index is 0.355. The number of hydrogen-bond acceptors (Lipinski definition) is 5. The Kier molecular flexibility index (Phi) is 7.97. The Morgan fingerprint density at radius 1 is 0.852 bits per heavy atom. The van der Waals surface area contributed by atoms with Crippen LogP contribution in [-0.2, 0) is 4.79 Å². The van der Waals surface area contributed by atoms with Gasteiger partial charge in [-0.3, -0.25) is 4.79 Å². The molecule has 0 saturated heterocycles. The van der Waals surface area contributed by atoms with E-state index < -0.39 is 0 Å². The third-order valence-corrected chi connectivity index (χ3v) is 3.74. The summed E-state index contributed by atoms with van der Waals surface area (Å²) in [5.41, 5.74) is 1.68. The van der Waals surface area contributed by atoms with E-state index in [-0.39, 0.29) is 0 Å². The lowest BCUT2D eigenvalue weighted by Crippen LogP contribution is -2.02. The monoisotopic (exact) mass is 368 g/mol. The van der Waals surface area contributed by atoms with Crippen molar-refractivity contribution in [1.29, 1.82) is 0 Å². The average Bonchev–Trinajstić information content (AvgIpc) is 2.69. The van der Waals surface area contributed by atoms with Crippen LogP contribution in [0.3, 0.4) is 0 Å². The first-order valence-corrected chi connectivity index (χ1v) is 8.64. The van der Waals surface area contributed by atoms with Gasteiger partial charge in [-0.1, -0.05) is 36.4 Å². The van der Waals surface area contributed by atoms with Crippen molar-refractivity contribution < 1.29 is 23.7 Å². The molecule has 0 atom stereocenters. The Bertz CT molecular complexity index is 754. The molecule has 0 amide bonds. The molecule has 0 heterocycles. The van der Waals surface area contributed by atoms with Crippen molar-refractivity contribution in [2.75, 3.05) is 20.3 Å². The molecule has 0 aliphatic carbocycles. The molecule has 2 aromatic carbocycles. The zero-order valence-electron chi connectivity index (χ0n) is 15.8. The predicted octanol–water partition coefficient (Wildman–Crippen LogP) is 4.81. The van der Waals surface area contributed by atoms with E-state index >= 15 is 0 Å². The number of ether oxygens (including phenoxy) is 4. The van der Waals surface area contributed by atoms with E-state index in [1.807, 2.05) is 62.4 Å². The maximum Gasteiger partial charge on any atom is 0.298 e. The molecule has 0 aliphatic heterocycles. The van der Waals surface area contributed by atoms with Crippen molar-refractivity contribution in [3.63, 3.8) is 0 Å². The fraction of sp³-hybridized carbons (Fsp3) is 0.227. The third-order valence-electron chi connectivity index (χ3n) is 3.74. The molecule has 27 heavy (non-hydrogen) atoms. The number of allylic oxidation sites excluding steroid dienone is 2. The summed E-state index contributed by atoms with van der Waals surface area (Å²) in [7, 11) is 1.62. The van der Waals surface area contributed by atoms with Gasteiger partial charge in [-0.05, 0) is 31.5 Å². The summed E-state index contributed by atoms with van der Waals surface area (Å²) in [5.74, 6) is 2.24. The van der Waals surface area contributed by atoms with Gasteiger partial charge in [0.15, 0.2) is 0 Å². The van der Waals surface area contributed by atoms with Gasteiger partial charge in [-0.15, -0.1) is 0 Å². The highest BCUT2D eigenvalue weighted by molar-refractivity contribution is 5.79. The van der Waals surface area contributed by atoms with Gasteiger partial charge in [0.05, 0.1) is 12.7 Å². The van der Waals surface area contributed by atoms with Crippen LogP contribution in [-0.4, -0.2) is 26.8 Å². The fourth-order valence-corrected chi connectivity index (χ4v) is 2.43. The van der Waals surface area contributed by atoms with Crippen LogP contribution in [0, 0.1) is 0 Å². The van der Waals surface area contributed by atoms with Gasteiger partial charge in [0.2, 0.25) is 0 Å². The minimum atomic E-state index is 0.355. The lowest BCUT2D eigenvalue weighted by atomic mass is 10.0. The quantitative estimate of drug-likeness (QED) is 0.445. The van der Waals surface area contributed by atoms with Crippen molar-refractivity contribution in [2.24, 2.45) is 0 Å². The van der Waals surface area contributed by atoms with Crippen molar-refractivity contribution in [2.45, 2.75) is 13.8 Å². The van der Waals surface area contributed by atoms with Crippen molar-refractivity contribution in [1.82, 2.24) is 0 Å². The van der Waals surface area contributed by atoms with Crippen LogP contribution in [0.4, 0.5) is 0 Å². The van der Waals surface area contributed by atoms with Crippen LogP contribution in [0.15, 0.2) is 60.7 Å². The molecule has 5 heteroatoms. The number of methoxy groups -OCH3 is 1. The highest BCUT2D eigenvalue weighted by Crippen LogP contribution is 2.42. The van der Waals surface area contributed by atoms with Gasteiger partial charge >= 0.3 is 0 Å². The highest BCUT2D eigenvalue weighted by Gasteiger charge is 2.17. The maximum atomic E-state index is 10.8.